The molecule has 0 amide bonds. The Hall–Kier alpha value is -2.18. The van der Waals surface area contributed by atoms with E-state index in [1.54, 1.807) is 6.07 Å². The van der Waals surface area contributed by atoms with Crippen LogP contribution in [0.3, 0.4) is 0 Å². The smallest absolute Gasteiger partial charge is 0.252 e. The fourth-order valence-electron chi connectivity index (χ4n) is 2.40. The molecule has 102 valence electrons. The molecule has 20 heavy (non-hydrogen) atoms. The number of H-pyrrole nitrogens is 2. The first kappa shape index (κ1) is 12.8. The summed E-state index contributed by atoms with van der Waals surface area (Å²) in [7, 11) is 0. The van der Waals surface area contributed by atoms with Crippen LogP contribution in [0.1, 0.15) is 0 Å². The Morgan fingerprint density at radius 3 is 2.95 bits per heavy atom. The Bertz CT molecular complexity index is 875. The van der Waals surface area contributed by atoms with Crippen molar-refractivity contribution in [3.63, 3.8) is 0 Å². The molecule has 0 saturated carbocycles. The van der Waals surface area contributed by atoms with Gasteiger partial charge in [0.05, 0.1) is 5.69 Å². The molecule has 0 unspecified atom stereocenters. The summed E-state index contributed by atoms with van der Waals surface area (Å²) < 4.78 is 2.25. The van der Waals surface area contributed by atoms with Crippen LogP contribution in [-0.2, 0) is 6.54 Å². The molecule has 3 rings (SSSR count). The number of nitrogens with one attached hydrogen (secondary N) is 2. The van der Waals surface area contributed by atoms with Gasteiger partial charge >= 0.3 is 0 Å². The van der Waals surface area contributed by atoms with E-state index in [4.69, 9.17) is 18.0 Å². The van der Waals surface area contributed by atoms with Crippen molar-refractivity contribution < 1.29 is 0 Å². The Labute approximate surface area is 120 Å². The summed E-state index contributed by atoms with van der Waals surface area (Å²) in [4.78, 5) is 17.5. The Balaban J connectivity index is 2.36. The first-order valence-corrected chi connectivity index (χ1v) is 6.72. The van der Waals surface area contributed by atoms with E-state index < -0.39 is 0 Å². The highest BCUT2D eigenvalue weighted by molar-refractivity contribution is 7.71. The number of benzene rings is 1. The summed E-state index contributed by atoms with van der Waals surface area (Å²) in [5.74, 6) is 0. The van der Waals surface area contributed by atoms with Gasteiger partial charge in [-0.1, -0.05) is 12.1 Å². The maximum atomic E-state index is 11.7. The molecule has 2 heterocycles. The van der Waals surface area contributed by atoms with Gasteiger partial charge in [0, 0.05) is 41.8 Å². The molecule has 0 saturated heterocycles. The molecule has 2 aromatic heterocycles. The number of nitrogens with zero attached hydrogens (tertiary/aromatic N) is 1. The fraction of sp³-hybridized carbons (Fsp3) is 0.143. The maximum Gasteiger partial charge on any atom is 0.252 e. The highest BCUT2D eigenvalue weighted by Crippen LogP contribution is 2.27. The summed E-state index contributed by atoms with van der Waals surface area (Å²) >= 11 is 5.24. The van der Waals surface area contributed by atoms with E-state index in [0.29, 0.717) is 17.9 Å². The molecule has 0 spiro atoms. The molecule has 6 heteroatoms. The van der Waals surface area contributed by atoms with Crippen LogP contribution in [0.25, 0.3) is 22.2 Å². The SMILES string of the molecule is NCCn1c(-c2cccc3[nH]ccc23)cc(=O)[nH]c1=S. The van der Waals surface area contributed by atoms with E-state index >= 15 is 0 Å². The van der Waals surface area contributed by atoms with E-state index in [1.165, 1.54) is 0 Å². The minimum atomic E-state index is -0.203. The van der Waals surface area contributed by atoms with Gasteiger partial charge in [0.1, 0.15) is 0 Å². The van der Waals surface area contributed by atoms with Gasteiger partial charge in [0.25, 0.3) is 5.56 Å². The van der Waals surface area contributed by atoms with E-state index in [2.05, 4.69) is 9.97 Å². The number of fused-ring (bicyclic) bond motifs is 1. The fourth-order valence-corrected chi connectivity index (χ4v) is 2.69. The summed E-state index contributed by atoms with van der Waals surface area (Å²) in [6, 6.07) is 9.47. The molecule has 5 nitrogen and oxygen atoms in total. The largest absolute Gasteiger partial charge is 0.361 e. The lowest BCUT2D eigenvalue weighted by molar-refractivity contribution is 0.681. The zero-order valence-corrected chi connectivity index (χ0v) is 11.5. The van der Waals surface area contributed by atoms with Gasteiger partial charge in [-0.2, -0.15) is 0 Å². The van der Waals surface area contributed by atoms with Crippen LogP contribution in [0, 0.1) is 4.77 Å². The van der Waals surface area contributed by atoms with Gasteiger partial charge in [0.2, 0.25) is 0 Å². The van der Waals surface area contributed by atoms with E-state index in [-0.39, 0.29) is 5.56 Å². The van der Waals surface area contributed by atoms with Crippen LogP contribution in [0.4, 0.5) is 0 Å². The second-order valence-electron chi connectivity index (χ2n) is 4.51. The van der Waals surface area contributed by atoms with Gasteiger partial charge in [0.15, 0.2) is 4.77 Å². The first-order chi connectivity index (χ1) is 9.70. The third kappa shape index (κ3) is 2.09. The van der Waals surface area contributed by atoms with Crippen molar-refractivity contribution >= 4 is 23.1 Å². The Kier molecular flexibility index (Phi) is 3.25. The predicted molar refractivity (Wildman–Crippen MR) is 82.2 cm³/mol. The van der Waals surface area contributed by atoms with Crippen molar-refractivity contribution in [2.75, 3.05) is 6.54 Å². The van der Waals surface area contributed by atoms with Crippen molar-refractivity contribution in [2.24, 2.45) is 5.73 Å². The zero-order chi connectivity index (χ0) is 14.1. The lowest BCUT2D eigenvalue weighted by Crippen LogP contribution is -2.18. The second-order valence-corrected chi connectivity index (χ2v) is 4.90. The first-order valence-electron chi connectivity index (χ1n) is 6.31. The normalized spacial score (nSPS) is 11.1. The van der Waals surface area contributed by atoms with Crippen LogP contribution in [-0.4, -0.2) is 21.1 Å². The van der Waals surface area contributed by atoms with E-state index in [9.17, 15) is 4.79 Å². The third-order valence-electron chi connectivity index (χ3n) is 3.26. The predicted octanol–water partition coefficient (Wildman–Crippen LogP) is 2.01. The summed E-state index contributed by atoms with van der Waals surface area (Å²) in [6.07, 6.45) is 1.88. The summed E-state index contributed by atoms with van der Waals surface area (Å²) in [5, 5.41) is 1.05. The van der Waals surface area contributed by atoms with E-state index in [1.807, 2.05) is 35.0 Å². The van der Waals surface area contributed by atoms with Crippen molar-refractivity contribution in [2.45, 2.75) is 6.54 Å². The molecule has 0 fully saturated rings. The number of nitrogens with two attached hydrogens (primary N) is 1. The molecule has 1 aromatic carbocycles. The highest BCUT2D eigenvalue weighted by atomic mass is 32.1. The number of hydrogen-bond acceptors (Lipinski definition) is 3. The molecule has 3 aromatic rings. The molecule has 4 N–H and O–H groups in total. The van der Waals surface area contributed by atoms with Crippen LogP contribution in [0.2, 0.25) is 0 Å². The van der Waals surface area contributed by atoms with Gasteiger partial charge in [-0.25, -0.2) is 0 Å². The number of aromatic amines is 2. The maximum absolute atomic E-state index is 11.7. The molecule has 0 aliphatic carbocycles. The quantitative estimate of drug-likeness (QED) is 0.644. The number of aromatic nitrogens is 3. The molecule has 0 radical (unpaired) electrons. The topological polar surface area (TPSA) is 79.6 Å². The minimum absolute atomic E-state index is 0.203. The standard InChI is InChI=1S/C14H14N4OS/c15-5-7-18-12(8-13(19)17-14(18)20)10-2-1-3-11-9(10)4-6-16-11/h1-4,6,8,16H,5,7,15H2,(H,17,19,20). The van der Waals surface area contributed by atoms with Crippen molar-refractivity contribution in [1.82, 2.24) is 14.5 Å². The molecule has 0 aliphatic rings. The Morgan fingerprint density at radius 1 is 1.30 bits per heavy atom. The summed E-state index contributed by atoms with van der Waals surface area (Å²) in [6.45, 7) is 1.02. The van der Waals surface area contributed by atoms with Crippen molar-refractivity contribution in [3.8, 4) is 11.3 Å². The third-order valence-corrected chi connectivity index (χ3v) is 3.58. The average Bonchev–Trinajstić information content (AvgIpc) is 2.90. The lowest BCUT2D eigenvalue weighted by atomic mass is 10.1. The second kappa shape index (κ2) is 5.07. The van der Waals surface area contributed by atoms with Crippen molar-refractivity contribution in [3.05, 3.63) is 51.7 Å². The number of hydrogen-bond donors (Lipinski definition) is 3. The van der Waals surface area contributed by atoms with Crippen LogP contribution in [0.15, 0.2) is 41.3 Å². The minimum Gasteiger partial charge on any atom is -0.361 e. The Morgan fingerprint density at radius 2 is 2.15 bits per heavy atom. The number of rotatable bonds is 3. The molecular weight excluding hydrogens is 272 g/mol. The molecular formula is C14H14N4OS. The zero-order valence-electron chi connectivity index (χ0n) is 10.7. The van der Waals surface area contributed by atoms with Crippen LogP contribution < -0.4 is 11.3 Å². The highest BCUT2D eigenvalue weighted by Gasteiger charge is 2.10. The van der Waals surface area contributed by atoms with Gasteiger partial charge in [-0.3, -0.25) is 9.78 Å². The molecule has 0 atom stereocenters. The monoisotopic (exact) mass is 286 g/mol. The van der Waals surface area contributed by atoms with Crippen molar-refractivity contribution in [1.29, 1.82) is 0 Å². The molecule has 0 aliphatic heterocycles. The van der Waals surface area contributed by atoms with E-state index in [0.717, 1.165) is 22.2 Å². The lowest BCUT2D eigenvalue weighted by Gasteiger charge is -2.13. The summed E-state index contributed by atoms with van der Waals surface area (Å²) in [5.41, 5.74) is 8.21. The van der Waals surface area contributed by atoms with Crippen LogP contribution >= 0.6 is 12.2 Å². The molecule has 0 bridgehead atoms. The van der Waals surface area contributed by atoms with Gasteiger partial charge < -0.3 is 15.3 Å². The van der Waals surface area contributed by atoms with Crippen LogP contribution in [0.5, 0.6) is 0 Å². The van der Waals surface area contributed by atoms with Gasteiger partial charge in [-0.15, -0.1) is 0 Å². The van der Waals surface area contributed by atoms with Gasteiger partial charge in [-0.05, 0) is 24.4 Å². The average molecular weight is 286 g/mol.